The van der Waals surface area contributed by atoms with E-state index in [1.807, 2.05) is 6.07 Å². The lowest BCUT2D eigenvalue weighted by molar-refractivity contribution is 0.0763. The largest absolute Gasteiger partial charge is 0.391 e. The third kappa shape index (κ3) is 3.46. The van der Waals surface area contributed by atoms with Crippen molar-refractivity contribution in [2.24, 2.45) is 0 Å². The molecule has 3 nitrogen and oxygen atoms in total. The van der Waals surface area contributed by atoms with Crippen molar-refractivity contribution in [2.45, 2.75) is 58.5 Å². The zero-order valence-electron chi connectivity index (χ0n) is 13.8. The van der Waals surface area contributed by atoms with Gasteiger partial charge in [0.15, 0.2) is 0 Å². The molecular weight excluding hydrogens is 262 g/mol. The van der Waals surface area contributed by atoms with Crippen LogP contribution in [0.15, 0.2) is 18.2 Å². The van der Waals surface area contributed by atoms with E-state index < -0.39 is 0 Å². The molecule has 2 rings (SSSR count). The van der Waals surface area contributed by atoms with E-state index in [0.29, 0.717) is 25.4 Å². The molecule has 0 spiro atoms. The number of nitrogens with zero attached hydrogens (tertiary/aromatic N) is 1. The molecule has 3 heteroatoms. The lowest BCUT2D eigenvalue weighted by Crippen LogP contribution is -2.31. The molecule has 1 N–H and O–H groups in total. The quantitative estimate of drug-likeness (QED) is 0.907. The van der Waals surface area contributed by atoms with E-state index in [0.717, 1.165) is 11.1 Å². The second-order valence-corrected chi connectivity index (χ2v) is 7.40. The molecule has 1 aromatic carbocycles. The molecule has 1 fully saturated rings. The smallest absolute Gasteiger partial charge is 0.254 e. The number of β-amino-alcohol motifs (C(OH)–C–C–N with tert-alkyl or cyclic N) is 1. The summed E-state index contributed by atoms with van der Waals surface area (Å²) in [5.74, 6) is 0.367. The highest BCUT2D eigenvalue weighted by atomic mass is 16.3. The van der Waals surface area contributed by atoms with Crippen LogP contribution >= 0.6 is 0 Å². The third-order valence-corrected chi connectivity index (χ3v) is 4.22. The maximum absolute atomic E-state index is 12.8. The first-order valence-corrected chi connectivity index (χ1v) is 7.82. The zero-order valence-corrected chi connectivity index (χ0v) is 13.8. The Balaban J connectivity index is 2.41. The fourth-order valence-corrected chi connectivity index (χ4v) is 2.81. The van der Waals surface area contributed by atoms with Crippen molar-refractivity contribution in [3.05, 3.63) is 34.9 Å². The van der Waals surface area contributed by atoms with Crippen molar-refractivity contribution in [3.63, 3.8) is 0 Å². The number of likely N-dealkylation sites (tertiary alicyclic amines) is 1. The summed E-state index contributed by atoms with van der Waals surface area (Å²) in [4.78, 5) is 14.6. The summed E-state index contributed by atoms with van der Waals surface area (Å²) in [5, 5.41) is 9.66. The van der Waals surface area contributed by atoms with Gasteiger partial charge in [0.05, 0.1) is 6.10 Å². The second kappa shape index (κ2) is 5.80. The van der Waals surface area contributed by atoms with Crippen LogP contribution in [0.2, 0.25) is 0 Å². The Hall–Kier alpha value is -1.35. The fraction of sp³-hybridized carbons (Fsp3) is 0.611. The standard InChI is InChI=1S/C18H27NO2/c1-12(2)15-7-6-13(18(3,4)5)10-16(15)17(21)19-9-8-14(20)11-19/h6-7,10,12,14,20H,8-9,11H2,1-5H3/t14-/m0/s1. The van der Waals surface area contributed by atoms with Crippen LogP contribution in [0.5, 0.6) is 0 Å². The molecule has 0 radical (unpaired) electrons. The van der Waals surface area contributed by atoms with Crippen molar-refractivity contribution >= 4 is 5.91 Å². The Bertz CT molecular complexity index is 529. The lowest BCUT2D eigenvalue weighted by atomic mass is 9.83. The molecule has 0 aliphatic carbocycles. The summed E-state index contributed by atoms with van der Waals surface area (Å²) in [5.41, 5.74) is 3.09. The Morgan fingerprint density at radius 2 is 2.00 bits per heavy atom. The normalized spacial score (nSPS) is 19.4. The number of carbonyl (C=O) groups excluding carboxylic acids is 1. The average molecular weight is 289 g/mol. The highest BCUT2D eigenvalue weighted by Gasteiger charge is 2.28. The molecule has 0 bridgehead atoms. The summed E-state index contributed by atoms with van der Waals surface area (Å²) < 4.78 is 0. The summed E-state index contributed by atoms with van der Waals surface area (Å²) in [7, 11) is 0. The van der Waals surface area contributed by atoms with Crippen LogP contribution < -0.4 is 0 Å². The molecular formula is C18H27NO2. The molecule has 0 unspecified atom stereocenters. The van der Waals surface area contributed by atoms with E-state index in [9.17, 15) is 9.90 Å². The molecule has 0 saturated carbocycles. The van der Waals surface area contributed by atoms with Gasteiger partial charge in [-0.05, 0) is 34.9 Å². The fourth-order valence-electron chi connectivity index (χ4n) is 2.81. The number of aliphatic hydroxyl groups is 1. The van der Waals surface area contributed by atoms with Gasteiger partial charge in [-0.1, -0.05) is 46.8 Å². The number of carbonyl (C=O) groups is 1. The van der Waals surface area contributed by atoms with E-state index >= 15 is 0 Å². The lowest BCUT2D eigenvalue weighted by Gasteiger charge is -2.24. The number of hydrogen-bond acceptors (Lipinski definition) is 2. The zero-order chi connectivity index (χ0) is 15.8. The first-order chi connectivity index (χ1) is 9.70. The second-order valence-electron chi connectivity index (χ2n) is 7.40. The van der Waals surface area contributed by atoms with E-state index in [4.69, 9.17) is 0 Å². The predicted molar refractivity (Wildman–Crippen MR) is 85.8 cm³/mol. The maximum Gasteiger partial charge on any atom is 0.254 e. The molecule has 1 saturated heterocycles. The molecule has 1 atom stereocenters. The maximum atomic E-state index is 12.8. The van der Waals surface area contributed by atoms with Gasteiger partial charge in [0.2, 0.25) is 0 Å². The summed E-state index contributed by atoms with van der Waals surface area (Å²) in [6, 6.07) is 6.26. The van der Waals surface area contributed by atoms with Gasteiger partial charge in [-0.15, -0.1) is 0 Å². The molecule has 1 heterocycles. The van der Waals surface area contributed by atoms with E-state index in [-0.39, 0.29) is 17.4 Å². The van der Waals surface area contributed by atoms with Gasteiger partial charge in [0.25, 0.3) is 5.91 Å². The van der Waals surface area contributed by atoms with Gasteiger partial charge < -0.3 is 10.0 Å². The molecule has 1 aromatic rings. The van der Waals surface area contributed by atoms with Gasteiger partial charge in [-0.3, -0.25) is 4.79 Å². The molecule has 1 aliphatic rings. The first-order valence-electron chi connectivity index (χ1n) is 7.82. The molecule has 1 amide bonds. The average Bonchev–Trinajstić information content (AvgIpc) is 2.82. The number of benzene rings is 1. The van der Waals surface area contributed by atoms with Crippen LogP contribution in [0.4, 0.5) is 0 Å². The van der Waals surface area contributed by atoms with E-state index in [2.05, 4.69) is 46.8 Å². The van der Waals surface area contributed by atoms with Crippen LogP contribution in [-0.2, 0) is 5.41 Å². The summed E-state index contributed by atoms with van der Waals surface area (Å²) in [6.45, 7) is 11.8. The van der Waals surface area contributed by atoms with Crippen molar-refractivity contribution in [1.82, 2.24) is 4.90 Å². The monoisotopic (exact) mass is 289 g/mol. The van der Waals surface area contributed by atoms with Gasteiger partial charge in [-0.2, -0.15) is 0 Å². The van der Waals surface area contributed by atoms with Crippen LogP contribution in [0, 0.1) is 0 Å². The predicted octanol–water partition coefficient (Wildman–Crippen LogP) is 3.31. The highest BCUT2D eigenvalue weighted by Crippen LogP contribution is 2.29. The minimum absolute atomic E-state index is 0.0229. The highest BCUT2D eigenvalue weighted by molar-refractivity contribution is 5.96. The molecule has 116 valence electrons. The Labute approximate surface area is 128 Å². The van der Waals surface area contributed by atoms with Gasteiger partial charge >= 0.3 is 0 Å². The molecule has 1 aliphatic heterocycles. The van der Waals surface area contributed by atoms with E-state index in [1.54, 1.807) is 4.90 Å². The minimum atomic E-state index is -0.373. The third-order valence-electron chi connectivity index (χ3n) is 4.22. The number of hydrogen-bond donors (Lipinski definition) is 1. The van der Waals surface area contributed by atoms with Gasteiger partial charge in [-0.25, -0.2) is 0 Å². The van der Waals surface area contributed by atoms with Crippen molar-refractivity contribution in [2.75, 3.05) is 13.1 Å². The number of rotatable bonds is 2. The SMILES string of the molecule is CC(C)c1ccc(C(C)(C)C)cc1C(=O)N1CC[C@H](O)C1. The van der Waals surface area contributed by atoms with Gasteiger partial charge in [0.1, 0.15) is 0 Å². The Morgan fingerprint density at radius 3 is 2.48 bits per heavy atom. The van der Waals surface area contributed by atoms with Crippen molar-refractivity contribution in [3.8, 4) is 0 Å². The van der Waals surface area contributed by atoms with Crippen LogP contribution in [0.25, 0.3) is 0 Å². The topological polar surface area (TPSA) is 40.5 Å². The first kappa shape index (κ1) is 16.0. The van der Waals surface area contributed by atoms with Crippen molar-refractivity contribution in [1.29, 1.82) is 0 Å². The minimum Gasteiger partial charge on any atom is -0.391 e. The van der Waals surface area contributed by atoms with Crippen molar-refractivity contribution < 1.29 is 9.90 Å². The van der Waals surface area contributed by atoms with Crippen LogP contribution in [0.1, 0.15) is 68.4 Å². The number of aliphatic hydroxyl groups excluding tert-OH is 1. The van der Waals surface area contributed by atoms with Crippen LogP contribution in [-0.4, -0.2) is 35.1 Å². The molecule has 21 heavy (non-hydrogen) atoms. The number of amides is 1. The summed E-state index contributed by atoms with van der Waals surface area (Å²) in [6.07, 6.45) is 0.309. The van der Waals surface area contributed by atoms with Crippen LogP contribution in [0.3, 0.4) is 0 Å². The molecule has 0 aromatic heterocycles. The van der Waals surface area contributed by atoms with E-state index in [1.165, 1.54) is 5.56 Å². The van der Waals surface area contributed by atoms with Gasteiger partial charge in [0, 0.05) is 18.7 Å². The summed E-state index contributed by atoms with van der Waals surface area (Å²) >= 11 is 0. The Kier molecular flexibility index (Phi) is 4.43. The Morgan fingerprint density at radius 1 is 1.33 bits per heavy atom.